The van der Waals surface area contributed by atoms with Gasteiger partial charge in [-0.1, -0.05) is 0 Å². The minimum atomic E-state index is -3.23. The molecule has 0 aliphatic carbocycles. The zero-order chi connectivity index (χ0) is 14.0. The molecule has 2 aliphatic rings. The summed E-state index contributed by atoms with van der Waals surface area (Å²) in [6.45, 7) is 3.90. The Bertz CT molecular complexity index is 435. The molecule has 0 aromatic carbocycles. The van der Waals surface area contributed by atoms with Crippen molar-refractivity contribution in [1.29, 1.82) is 0 Å². The van der Waals surface area contributed by atoms with Gasteiger partial charge in [0.05, 0.1) is 5.25 Å². The molecule has 2 aliphatic heterocycles. The molecule has 1 amide bonds. The lowest BCUT2D eigenvalue weighted by Crippen LogP contribution is -2.40. The molecule has 2 atom stereocenters. The summed E-state index contributed by atoms with van der Waals surface area (Å²) < 4.78 is 26.4. The van der Waals surface area contributed by atoms with E-state index in [9.17, 15) is 13.2 Å². The first-order valence-electron chi connectivity index (χ1n) is 6.93. The van der Waals surface area contributed by atoms with Crippen LogP contribution in [0.2, 0.25) is 0 Å². The van der Waals surface area contributed by atoms with Crippen LogP contribution in [0.4, 0.5) is 0 Å². The number of nitrogens with zero attached hydrogens (tertiary/aromatic N) is 2. The van der Waals surface area contributed by atoms with E-state index in [2.05, 4.69) is 0 Å². The Hall–Kier alpha value is -0.370. The molecule has 6 nitrogen and oxygen atoms in total. The summed E-state index contributed by atoms with van der Waals surface area (Å²) in [5, 5.41) is -0.428. The first-order valence-corrected chi connectivity index (χ1v) is 8.44. The van der Waals surface area contributed by atoms with E-state index in [0.29, 0.717) is 32.6 Å². The van der Waals surface area contributed by atoms with Crippen LogP contribution < -0.4 is 5.73 Å². The maximum Gasteiger partial charge on any atom is 0.224 e. The maximum atomic E-state index is 12.4. The van der Waals surface area contributed by atoms with Crippen LogP contribution in [0.15, 0.2) is 0 Å². The number of hydrogen-bond donors (Lipinski definition) is 1. The second-order valence-corrected chi connectivity index (χ2v) is 7.80. The third-order valence-corrected chi connectivity index (χ3v) is 6.15. The smallest absolute Gasteiger partial charge is 0.224 e. The quantitative estimate of drug-likeness (QED) is 0.798. The average molecular weight is 326 g/mol. The van der Waals surface area contributed by atoms with Crippen molar-refractivity contribution in [1.82, 2.24) is 9.21 Å². The molecule has 0 aromatic rings. The predicted molar refractivity (Wildman–Crippen MR) is 80.2 cm³/mol. The van der Waals surface area contributed by atoms with Gasteiger partial charge in [0.2, 0.25) is 15.9 Å². The molecule has 8 heteroatoms. The molecule has 2 unspecified atom stereocenters. The summed E-state index contributed by atoms with van der Waals surface area (Å²) in [6, 6.07) is -0.179. The minimum absolute atomic E-state index is 0. The Kier molecular flexibility index (Phi) is 6.25. The number of sulfonamides is 1. The number of hydrogen-bond acceptors (Lipinski definition) is 4. The molecule has 2 heterocycles. The van der Waals surface area contributed by atoms with Gasteiger partial charge in [-0.05, 0) is 26.2 Å². The Labute approximate surface area is 127 Å². The third kappa shape index (κ3) is 3.84. The molecule has 2 rings (SSSR count). The SMILES string of the molecule is CC(N)CC(=O)N1CCC(S(=O)(=O)N2CCCC2)C1.Cl. The van der Waals surface area contributed by atoms with Gasteiger partial charge in [0.25, 0.3) is 0 Å². The Morgan fingerprint density at radius 1 is 1.30 bits per heavy atom. The van der Waals surface area contributed by atoms with Crippen LogP contribution in [0.25, 0.3) is 0 Å². The van der Waals surface area contributed by atoms with E-state index >= 15 is 0 Å². The fourth-order valence-corrected chi connectivity index (χ4v) is 4.72. The number of likely N-dealkylation sites (tertiary alicyclic amines) is 1. The Balaban J connectivity index is 0.00000200. The average Bonchev–Trinajstić information content (AvgIpc) is 3.00. The zero-order valence-electron chi connectivity index (χ0n) is 11.8. The van der Waals surface area contributed by atoms with Gasteiger partial charge in [0.1, 0.15) is 0 Å². The van der Waals surface area contributed by atoms with Gasteiger partial charge >= 0.3 is 0 Å². The second kappa shape index (κ2) is 7.06. The first kappa shape index (κ1) is 17.7. The van der Waals surface area contributed by atoms with Crippen LogP contribution in [-0.2, 0) is 14.8 Å². The zero-order valence-corrected chi connectivity index (χ0v) is 13.5. The van der Waals surface area contributed by atoms with E-state index in [1.165, 1.54) is 0 Å². The van der Waals surface area contributed by atoms with E-state index in [0.717, 1.165) is 12.8 Å². The Morgan fingerprint density at radius 2 is 1.90 bits per heavy atom. The molecular formula is C12H24ClN3O3S. The van der Waals surface area contributed by atoms with Crippen molar-refractivity contribution in [2.45, 2.75) is 43.9 Å². The highest BCUT2D eigenvalue weighted by molar-refractivity contribution is 7.89. The van der Waals surface area contributed by atoms with Crippen molar-refractivity contribution in [2.24, 2.45) is 5.73 Å². The van der Waals surface area contributed by atoms with Crippen LogP contribution in [0, 0.1) is 0 Å². The summed E-state index contributed by atoms with van der Waals surface area (Å²) in [4.78, 5) is 13.5. The number of carbonyl (C=O) groups is 1. The molecule has 2 N–H and O–H groups in total. The fraction of sp³-hybridized carbons (Fsp3) is 0.917. The van der Waals surface area contributed by atoms with Crippen molar-refractivity contribution in [3.05, 3.63) is 0 Å². The monoisotopic (exact) mass is 325 g/mol. The van der Waals surface area contributed by atoms with Crippen molar-refractivity contribution in [3.8, 4) is 0 Å². The van der Waals surface area contributed by atoms with Crippen LogP contribution in [-0.4, -0.2) is 61.0 Å². The highest BCUT2D eigenvalue weighted by atomic mass is 35.5. The molecule has 118 valence electrons. The van der Waals surface area contributed by atoms with Crippen molar-refractivity contribution in [2.75, 3.05) is 26.2 Å². The lowest BCUT2D eigenvalue weighted by molar-refractivity contribution is -0.130. The van der Waals surface area contributed by atoms with Gasteiger partial charge in [0, 0.05) is 38.6 Å². The molecule has 2 saturated heterocycles. The van der Waals surface area contributed by atoms with Crippen LogP contribution in [0.1, 0.15) is 32.6 Å². The Morgan fingerprint density at radius 3 is 2.45 bits per heavy atom. The van der Waals surface area contributed by atoms with Crippen LogP contribution in [0.3, 0.4) is 0 Å². The minimum Gasteiger partial charge on any atom is -0.341 e. The highest BCUT2D eigenvalue weighted by Crippen LogP contribution is 2.24. The molecule has 20 heavy (non-hydrogen) atoms. The summed E-state index contributed by atoms with van der Waals surface area (Å²) in [5.41, 5.74) is 5.61. The topological polar surface area (TPSA) is 83.7 Å². The number of carbonyl (C=O) groups excluding carboxylic acids is 1. The molecule has 0 saturated carbocycles. The lowest BCUT2D eigenvalue weighted by Gasteiger charge is -2.21. The molecule has 0 bridgehead atoms. The summed E-state index contributed by atoms with van der Waals surface area (Å²) in [5.74, 6) is -0.0332. The number of halogens is 1. The highest BCUT2D eigenvalue weighted by Gasteiger charge is 2.39. The molecule has 0 aromatic heterocycles. The van der Waals surface area contributed by atoms with Gasteiger partial charge in [0.15, 0.2) is 0 Å². The number of rotatable bonds is 4. The third-order valence-electron chi connectivity index (χ3n) is 3.84. The number of nitrogens with two attached hydrogens (primary N) is 1. The lowest BCUT2D eigenvalue weighted by atomic mass is 10.2. The van der Waals surface area contributed by atoms with Crippen molar-refractivity contribution >= 4 is 28.3 Å². The van der Waals surface area contributed by atoms with E-state index in [-0.39, 0.29) is 30.8 Å². The first-order chi connectivity index (χ1) is 8.91. The standard InChI is InChI=1S/C12H23N3O3S.ClH/c1-10(13)8-12(16)14-7-4-11(9-14)19(17,18)15-5-2-3-6-15;/h10-11H,2-9,13H2,1H3;1H. The van der Waals surface area contributed by atoms with Crippen LogP contribution in [0.5, 0.6) is 0 Å². The van der Waals surface area contributed by atoms with E-state index in [1.807, 2.05) is 0 Å². The molecule has 2 fully saturated rings. The van der Waals surface area contributed by atoms with Gasteiger partial charge in [-0.2, -0.15) is 0 Å². The van der Waals surface area contributed by atoms with Crippen LogP contribution >= 0.6 is 12.4 Å². The van der Waals surface area contributed by atoms with E-state index in [4.69, 9.17) is 5.73 Å². The van der Waals surface area contributed by atoms with Gasteiger partial charge in [-0.15, -0.1) is 12.4 Å². The number of amides is 1. The van der Waals surface area contributed by atoms with Gasteiger partial charge < -0.3 is 10.6 Å². The predicted octanol–water partition coefficient (Wildman–Crippen LogP) is 0.172. The molecule has 0 radical (unpaired) electrons. The summed E-state index contributed by atoms with van der Waals surface area (Å²) >= 11 is 0. The maximum absolute atomic E-state index is 12.4. The fourth-order valence-electron chi connectivity index (χ4n) is 2.76. The van der Waals surface area contributed by atoms with Gasteiger partial charge in [-0.25, -0.2) is 12.7 Å². The van der Waals surface area contributed by atoms with Crippen molar-refractivity contribution in [3.63, 3.8) is 0 Å². The second-order valence-electron chi connectivity index (χ2n) is 5.58. The van der Waals surface area contributed by atoms with Gasteiger partial charge in [-0.3, -0.25) is 4.79 Å². The molecule has 0 spiro atoms. The normalized spacial score (nSPS) is 25.5. The molecular weight excluding hydrogens is 302 g/mol. The van der Waals surface area contributed by atoms with E-state index in [1.54, 1.807) is 16.1 Å². The summed E-state index contributed by atoms with van der Waals surface area (Å²) in [7, 11) is -3.23. The van der Waals surface area contributed by atoms with Crippen molar-refractivity contribution < 1.29 is 13.2 Å². The largest absolute Gasteiger partial charge is 0.341 e. The van der Waals surface area contributed by atoms with E-state index < -0.39 is 15.3 Å². The summed E-state index contributed by atoms with van der Waals surface area (Å²) in [6.07, 6.45) is 2.72.